The van der Waals surface area contributed by atoms with Gasteiger partial charge in [0.25, 0.3) is 0 Å². The van der Waals surface area contributed by atoms with Gasteiger partial charge in [-0.15, -0.1) is 0 Å². The second kappa shape index (κ2) is 4.63. The topological polar surface area (TPSA) is 13.1 Å². The van der Waals surface area contributed by atoms with Crippen molar-refractivity contribution in [3.63, 3.8) is 0 Å². The summed E-state index contributed by atoms with van der Waals surface area (Å²) in [6, 6.07) is 21.0. The Morgan fingerprint density at radius 3 is 2.45 bits per heavy atom. The van der Waals surface area contributed by atoms with Crippen LogP contribution >= 0.6 is 22.6 Å². The van der Waals surface area contributed by atoms with E-state index in [0.717, 1.165) is 5.58 Å². The second-order valence-corrected chi connectivity index (χ2v) is 5.95. The van der Waals surface area contributed by atoms with Gasteiger partial charge in [0, 0.05) is 14.5 Å². The SMILES string of the molecule is Ic1ccccc1-c1coc2ccc3ccccc3c12. The summed E-state index contributed by atoms with van der Waals surface area (Å²) in [6.45, 7) is 0. The zero-order chi connectivity index (χ0) is 13.5. The van der Waals surface area contributed by atoms with Gasteiger partial charge in [-0.25, -0.2) is 0 Å². The Bertz CT molecular complexity index is 921. The van der Waals surface area contributed by atoms with E-state index < -0.39 is 0 Å². The average molecular weight is 370 g/mol. The number of benzene rings is 3. The van der Waals surface area contributed by atoms with Crippen LogP contribution in [0.5, 0.6) is 0 Å². The first-order valence-electron chi connectivity index (χ1n) is 6.48. The molecule has 0 spiro atoms. The van der Waals surface area contributed by atoms with Crippen molar-refractivity contribution in [2.45, 2.75) is 0 Å². The van der Waals surface area contributed by atoms with E-state index in [-0.39, 0.29) is 0 Å². The van der Waals surface area contributed by atoms with E-state index in [1.54, 1.807) is 0 Å². The lowest BCUT2D eigenvalue weighted by molar-refractivity contribution is 0.617. The van der Waals surface area contributed by atoms with Gasteiger partial charge in [0.05, 0.1) is 6.26 Å². The van der Waals surface area contributed by atoms with Gasteiger partial charge < -0.3 is 4.42 Å². The minimum absolute atomic E-state index is 0.943. The molecule has 1 nitrogen and oxygen atoms in total. The highest BCUT2D eigenvalue weighted by Crippen LogP contribution is 2.37. The van der Waals surface area contributed by atoms with Crippen LogP contribution in [0.1, 0.15) is 0 Å². The fourth-order valence-corrected chi connectivity index (χ4v) is 3.36. The molecule has 0 aliphatic carbocycles. The molecule has 4 aromatic rings. The Labute approximate surface area is 130 Å². The molecule has 0 aliphatic rings. The summed E-state index contributed by atoms with van der Waals surface area (Å²) in [5, 5.41) is 3.69. The average Bonchev–Trinajstić information content (AvgIpc) is 2.92. The van der Waals surface area contributed by atoms with Crippen molar-refractivity contribution >= 4 is 44.3 Å². The lowest BCUT2D eigenvalue weighted by Gasteiger charge is -2.04. The lowest BCUT2D eigenvalue weighted by Crippen LogP contribution is -1.81. The van der Waals surface area contributed by atoms with Crippen molar-refractivity contribution in [3.05, 3.63) is 70.5 Å². The molecular weight excluding hydrogens is 359 g/mol. The van der Waals surface area contributed by atoms with Crippen LogP contribution in [0.15, 0.2) is 71.3 Å². The third-order valence-corrected chi connectivity index (χ3v) is 4.57. The summed E-state index contributed by atoms with van der Waals surface area (Å²) in [5.41, 5.74) is 3.34. The summed E-state index contributed by atoms with van der Waals surface area (Å²) in [5.74, 6) is 0. The standard InChI is InChI=1S/C18H11IO/c19-16-8-4-3-7-14(16)15-11-20-17-10-9-12-5-1-2-6-13(12)18(15)17/h1-11H. The molecule has 20 heavy (non-hydrogen) atoms. The van der Waals surface area contributed by atoms with E-state index in [9.17, 15) is 0 Å². The van der Waals surface area contributed by atoms with Crippen LogP contribution in [0.3, 0.4) is 0 Å². The van der Waals surface area contributed by atoms with Crippen molar-refractivity contribution < 1.29 is 4.42 Å². The highest BCUT2D eigenvalue weighted by molar-refractivity contribution is 14.1. The first-order valence-corrected chi connectivity index (χ1v) is 7.56. The fourth-order valence-electron chi connectivity index (χ4n) is 2.69. The van der Waals surface area contributed by atoms with E-state index in [0.29, 0.717) is 0 Å². The van der Waals surface area contributed by atoms with Crippen LogP contribution < -0.4 is 0 Å². The quantitative estimate of drug-likeness (QED) is 0.383. The first-order chi connectivity index (χ1) is 9.84. The van der Waals surface area contributed by atoms with E-state index >= 15 is 0 Å². The van der Waals surface area contributed by atoms with Gasteiger partial charge >= 0.3 is 0 Å². The molecule has 4 rings (SSSR count). The molecule has 0 aliphatic heterocycles. The summed E-state index contributed by atoms with van der Waals surface area (Å²) in [6.07, 6.45) is 1.87. The first kappa shape index (κ1) is 12.0. The van der Waals surface area contributed by atoms with E-state index in [1.807, 2.05) is 6.26 Å². The number of furan rings is 1. The predicted molar refractivity (Wildman–Crippen MR) is 91.9 cm³/mol. The zero-order valence-electron chi connectivity index (χ0n) is 10.6. The fraction of sp³-hybridized carbons (Fsp3) is 0. The Hall–Kier alpha value is -1.81. The monoisotopic (exact) mass is 370 g/mol. The maximum absolute atomic E-state index is 5.76. The molecule has 0 N–H and O–H groups in total. The number of fused-ring (bicyclic) bond motifs is 3. The van der Waals surface area contributed by atoms with Crippen LogP contribution in [0.2, 0.25) is 0 Å². The molecule has 96 valence electrons. The highest BCUT2D eigenvalue weighted by Gasteiger charge is 2.13. The van der Waals surface area contributed by atoms with Crippen LogP contribution in [-0.2, 0) is 0 Å². The largest absolute Gasteiger partial charge is 0.464 e. The van der Waals surface area contributed by atoms with Gasteiger partial charge in [-0.1, -0.05) is 48.5 Å². The smallest absolute Gasteiger partial charge is 0.135 e. The molecule has 1 aromatic heterocycles. The van der Waals surface area contributed by atoms with Crippen LogP contribution in [0.25, 0.3) is 32.9 Å². The van der Waals surface area contributed by atoms with Crippen LogP contribution in [-0.4, -0.2) is 0 Å². The Morgan fingerprint density at radius 2 is 1.55 bits per heavy atom. The molecule has 0 saturated carbocycles. The van der Waals surface area contributed by atoms with Crippen molar-refractivity contribution in [1.29, 1.82) is 0 Å². The summed E-state index contributed by atoms with van der Waals surface area (Å²) in [4.78, 5) is 0. The number of halogens is 1. The lowest BCUT2D eigenvalue weighted by atomic mass is 9.99. The van der Waals surface area contributed by atoms with Gasteiger partial charge in [-0.05, 0) is 51.1 Å². The molecule has 0 bridgehead atoms. The van der Waals surface area contributed by atoms with Gasteiger partial charge in [-0.2, -0.15) is 0 Å². The van der Waals surface area contributed by atoms with Crippen molar-refractivity contribution in [1.82, 2.24) is 0 Å². The number of hydrogen-bond acceptors (Lipinski definition) is 1. The Morgan fingerprint density at radius 1 is 0.750 bits per heavy atom. The molecule has 0 atom stereocenters. The molecule has 0 radical (unpaired) electrons. The number of hydrogen-bond donors (Lipinski definition) is 0. The maximum Gasteiger partial charge on any atom is 0.135 e. The van der Waals surface area contributed by atoms with Crippen molar-refractivity contribution in [2.75, 3.05) is 0 Å². The normalized spacial score (nSPS) is 11.2. The van der Waals surface area contributed by atoms with Crippen LogP contribution in [0, 0.1) is 3.57 Å². The molecular formula is C18H11IO. The van der Waals surface area contributed by atoms with Gasteiger partial charge in [0.1, 0.15) is 5.58 Å². The predicted octanol–water partition coefficient (Wildman–Crippen LogP) is 5.86. The van der Waals surface area contributed by atoms with Gasteiger partial charge in [0.15, 0.2) is 0 Å². The molecule has 0 fully saturated rings. The molecule has 1 heterocycles. The van der Waals surface area contributed by atoms with Gasteiger partial charge in [0.2, 0.25) is 0 Å². The van der Waals surface area contributed by atoms with E-state index in [4.69, 9.17) is 4.42 Å². The molecule has 0 unspecified atom stereocenters. The summed E-state index contributed by atoms with van der Waals surface area (Å²) >= 11 is 2.38. The van der Waals surface area contributed by atoms with Crippen LogP contribution in [0.4, 0.5) is 0 Å². The molecule has 0 saturated heterocycles. The van der Waals surface area contributed by atoms with Crippen molar-refractivity contribution in [3.8, 4) is 11.1 Å². The zero-order valence-corrected chi connectivity index (χ0v) is 12.8. The third kappa shape index (κ3) is 1.75. The third-order valence-electron chi connectivity index (χ3n) is 3.63. The summed E-state index contributed by atoms with van der Waals surface area (Å²) < 4.78 is 7.00. The van der Waals surface area contributed by atoms with Crippen molar-refractivity contribution in [2.24, 2.45) is 0 Å². The number of rotatable bonds is 1. The maximum atomic E-state index is 5.76. The Balaban J connectivity index is 2.16. The van der Waals surface area contributed by atoms with E-state index in [1.165, 1.54) is 30.9 Å². The van der Waals surface area contributed by atoms with E-state index in [2.05, 4.69) is 83.3 Å². The minimum Gasteiger partial charge on any atom is -0.464 e. The molecule has 0 amide bonds. The van der Waals surface area contributed by atoms with Gasteiger partial charge in [-0.3, -0.25) is 0 Å². The minimum atomic E-state index is 0.943. The molecule has 3 aromatic carbocycles. The Kier molecular flexibility index (Phi) is 2.77. The second-order valence-electron chi connectivity index (χ2n) is 4.79. The molecule has 2 heteroatoms. The highest BCUT2D eigenvalue weighted by atomic mass is 127. The summed E-state index contributed by atoms with van der Waals surface area (Å²) in [7, 11) is 0.